The lowest BCUT2D eigenvalue weighted by Gasteiger charge is -2.05. The topological polar surface area (TPSA) is 42.4 Å². The van der Waals surface area contributed by atoms with Crippen LogP contribution in [-0.4, -0.2) is 23.1 Å². The fourth-order valence-electron chi connectivity index (χ4n) is 0.789. The minimum Gasteiger partial charge on any atom is -0.495 e. The highest BCUT2D eigenvalue weighted by molar-refractivity contribution is 6.18. The Kier molecular flexibility index (Phi) is 3.31. The van der Waals surface area contributed by atoms with Gasteiger partial charge >= 0.3 is 0 Å². The molecule has 1 N–H and O–H groups in total. The summed E-state index contributed by atoms with van der Waals surface area (Å²) in [6, 6.07) is 3.42. The van der Waals surface area contributed by atoms with Crippen LogP contribution < -0.4 is 4.74 Å². The Hall–Kier alpha value is -0.800. The van der Waals surface area contributed by atoms with E-state index in [1.54, 1.807) is 25.4 Å². The molecule has 1 rings (SSSR count). The summed E-state index contributed by atoms with van der Waals surface area (Å²) >= 11 is 5.44. The van der Waals surface area contributed by atoms with E-state index in [0.717, 1.165) is 0 Å². The van der Waals surface area contributed by atoms with Crippen LogP contribution in [0.5, 0.6) is 5.75 Å². The molecule has 1 unspecified atom stereocenters. The molecule has 0 bridgehead atoms. The molecular weight excluding hydrogens is 178 g/mol. The van der Waals surface area contributed by atoms with Gasteiger partial charge in [0.15, 0.2) is 0 Å². The molecule has 0 aliphatic rings. The summed E-state index contributed by atoms with van der Waals surface area (Å²) in [6.45, 7) is 0. The number of nitrogens with zero attached hydrogens (tertiary/aromatic N) is 1. The number of pyridine rings is 1. The van der Waals surface area contributed by atoms with Gasteiger partial charge in [0.2, 0.25) is 0 Å². The Labute approximate surface area is 76.0 Å². The highest BCUT2D eigenvalue weighted by Gasteiger charge is 2.06. The Balaban J connectivity index is 2.77. The highest BCUT2D eigenvalue weighted by Crippen LogP contribution is 2.14. The van der Waals surface area contributed by atoms with Crippen molar-refractivity contribution in [2.45, 2.75) is 6.10 Å². The monoisotopic (exact) mass is 187 g/mol. The minimum atomic E-state index is -0.697. The quantitative estimate of drug-likeness (QED) is 0.727. The fraction of sp³-hybridized carbons (Fsp3) is 0.375. The Morgan fingerprint density at radius 3 is 2.83 bits per heavy atom. The van der Waals surface area contributed by atoms with Gasteiger partial charge in [-0.15, -0.1) is 11.6 Å². The molecule has 3 nitrogen and oxygen atoms in total. The maximum absolute atomic E-state index is 9.26. The largest absolute Gasteiger partial charge is 0.495 e. The van der Waals surface area contributed by atoms with E-state index < -0.39 is 6.10 Å². The number of methoxy groups -OCH3 is 1. The van der Waals surface area contributed by atoms with Gasteiger partial charge in [0.05, 0.1) is 24.9 Å². The van der Waals surface area contributed by atoms with Crippen LogP contribution in [0.3, 0.4) is 0 Å². The van der Waals surface area contributed by atoms with Crippen LogP contribution in [0.25, 0.3) is 0 Å². The SMILES string of the molecule is COc1ccc(C(O)CCl)nc1. The standard InChI is InChI=1S/C8H10ClNO2/c1-12-6-2-3-7(10-5-6)8(11)4-9/h2-3,5,8,11H,4H2,1H3. The van der Waals surface area contributed by atoms with Gasteiger partial charge in [-0.25, -0.2) is 0 Å². The molecule has 0 radical (unpaired) electrons. The van der Waals surface area contributed by atoms with E-state index in [-0.39, 0.29) is 5.88 Å². The number of aromatic nitrogens is 1. The molecule has 1 atom stereocenters. The summed E-state index contributed by atoms with van der Waals surface area (Å²) in [6.07, 6.45) is 0.850. The normalized spacial score (nSPS) is 12.6. The first-order chi connectivity index (χ1) is 5.77. The van der Waals surface area contributed by atoms with Gasteiger partial charge in [-0.1, -0.05) is 0 Å². The van der Waals surface area contributed by atoms with Crippen LogP contribution in [0.15, 0.2) is 18.3 Å². The van der Waals surface area contributed by atoms with Crippen LogP contribution in [0.2, 0.25) is 0 Å². The molecule has 0 aliphatic heterocycles. The van der Waals surface area contributed by atoms with Crippen molar-refractivity contribution >= 4 is 11.6 Å². The summed E-state index contributed by atoms with van der Waals surface area (Å²) < 4.78 is 4.91. The molecule has 0 aliphatic carbocycles. The van der Waals surface area contributed by atoms with Crippen LogP contribution in [0.4, 0.5) is 0 Å². The van der Waals surface area contributed by atoms with Crippen molar-refractivity contribution in [3.8, 4) is 5.75 Å². The molecule has 66 valence electrons. The van der Waals surface area contributed by atoms with E-state index in [4.69, 9.17) is 16.3 Å². The van der Waals surface area contributed by atoms with Crippen molar-refractivity contribution in [2.24, 2.45) is 0 Å². The van der Waals surface area contributed by atoms with Crippen LogP contribution in [0, 0.1) is 0 Å². The van der Waals surface area contributed by atoms with E-state index in [1.165, 1.54) is 0 Å². The summed E-state index contributed by atoms with van der Waals surface area (Å²) in [4.78, 5) is 3.96. The molecule has 0 aromatic carbocycles. The van der Waals surface area contributed by atoms with Crippen LogP contribution in [0.1, 0.15) is 11.8 Å². The predicted octanol–water partition coefficient (Wildman–Crippen LogP) is 1.36. The average molecular weight is 188 g/mol. The molecule has 0 saturated carbocycles. The second-order valence-electron chi connectivity index (χ2n) is 2.29. The first kappa shape index (κ1) is 9.29. The van der Waals surface area contributed by atoms with Crippen LogP contribution in [-0.2, 0) is 0 Å². The van der Waals surface area contributed by atoms with Crippen molar-refractivity contribution in [3.05, 3.63) is 24.0 Å². The van der Waals surface area contributed by atoms with Gasteiger partial charge < -0.3 is 9.84 Å². The number of hydrogen-bond donors (Lipinski definition) is 1. The van der Waals surface area contributed by atoms with Crippen LogP contribution >= 0.6 is 11.6 Å². The molecule has 0 fully saturated rings. The maximum Gasteiger partial charge on any atom is 0.137 e. The molecule has 1 heterocycles. The maximum atomic E-state index is 9.26. The highest BCUT2D eigenvalue weighted by atomic mass is 35.5. The lowest BCUT2D eigenvalue weighted by Crippen LogP contribution is -2.01. The lowest BCUT2D eigenvalue weighted by molar-refractivity contribution is 0.197. The Morgan fingerprint density at radius 1 is 1.67 bits per heavy atom. The second-order valence-corrected chi connectivity index (χ2v) is 2.60. The third-order valence-electron chi connectivity index (χ3n) is 1.48. The first-order valence-electron chi connectivity index (χ1n) is 3.52. The average Bonchev–Trinajstić information content (AvgIpc) is 2.17. The zero-order chi connectivity index (χ0) is 8.97. The van der Waals surface area contributed by atoms with Crippen molar-refractivity contribution in [1.82, 2.24) is 4.98 Å². The fourth-order valence-corrected chi connectivity index (χ4v) is 0.947. The van der Waals surface area contributed by atoms with E-state index in [2.05, 4.69) is 4.98 Å². The van der Waals surface area contributed by atoms with Gasteiger partial charge in [0.1, 0.15) is 11.9 Å². The lowest BCUT2D eigenvalue weighted by atomic mass is 10.2. The zero-order valence-corrected chi connectivity index (χ0v) is 7.45. The molecular formula is C8H10ClNO2. The van der Waals surface area contributed by atoms with Crippen molar-refractivity contribution < 1.29 is 9.84 Å². The molecule has 0 amide bonds. The van der Waals surface area contributed by atoms with E-state index in [9.17, 15) is 5.11 Å². The van der Waals surface area contributed by atoms with Gasteiger partial charge in [-0.3, -0.25) is 4.98 Å². The number of halogens is 1. The molecule has 1 aromatic rings. The molecule has 4 heteroatoms. The first-order valence-corrected chi connectivity index (χ1v) is 4.05. The molecule has 1 aromatic heterocycles. The van der Waals surface area contributed by atoms with Gasteiger partial charge in [-0.05, 0) is 12.1 Å². The summed E-state index contributed by atoms with van der Waals surface area (Å²) in [5, 5.41) is 9.26. The summed E-state index contributed by atoms with van der Waals surface area (Å²) in [5.41, 5.74) is 0.561. The number of hydrogen-bond acceptors (Lipinski definition) is 3. The number of rotatable bonds is 3. The van der Waals surface area contributed by atoms with Gasteiger partial charge in [0.25, 0.3) is 0 Å². The number of ether oxygens (including phenoxy) is 1. The third kappa shape index (κ3) is 2.09. The predicted molar refractivity (Wildman–Crippen MR) is 46.5 cm³/mol. The number of aliphatic hydroxyl groups is 1. The van der Waals surface area contributed by atoms with E-state index >= 15 is 0 Å². The number of aliphatic hydroxyl groups excluding tert-OH is 1. The number of alkyl halides is 1. The van der Waals surface area contributed by atoms with Gasteiger partial charge in [0, 0.05) is 0 Å². The zero-order valence-electron chi connectivity index (χ0n) is 6.70. The molecule has 0 spiro atoms. The second kappa shape index (κ2) is 4.28. The molecule has 0 saturated heterocycles. The Bertz CT molecular complexity index is 237. The van der Waals surface area contributed by atoms with Crippen molar-refractivity contribution in [2.75, 3.05) is 13.0 Å². The molecule has 12 heavy (non-hydrogen) atoms. The van der Waals surface area contributed by atoms with Crippen molar-refractivity contribution in [1.29, 1.82) is 0 Å². The van der Waals surface area contributed by atoms with Gasteiger partial charge in [-0.2, -0.15) is 0 Å². The summed E-state index contributed by atoms with van der Waals surface area (Å²) in [7, 11) is 1.56. The smallest absolute Gasteiger partial charge is 0.137 e. The Morgan fingerprint density at radius 2 is 2.42 bits per heavy atom. The van der Waals surface area contributed by atoms with Crippen molar-refractivity contribution in [3.63, 3.8) is 0 Å². The van der Waals surface area contributed by atoms with E-state index in [0.29, 0.717) is 11.4 Å². The third-order valence-corrected chi connectivity index (χ3v) is 1.77. The minimum absolute atomic E-state index is 0.152. The summed E-state index contributed by atoms with van der Waals surface area (Å²) in [5.74, 6) is 0.819. The van der Waals surface area contributed by atoms with E-state index in [1.807, 2.05) is 0 Å².